The quantitative estimate of drug-likeness (QED) is 0.911. The van der Waals surface area contributed by atoms with E-state index in [1.54, 1.807) is 6.20 Å². The molecule has 2 fully saturated rings. The van der Waals surface area contributed by atoms with Crippen LogP contribution in [0.5, 0.6) is 0 Å². The van der Waals surface area contributed by atoms with Gasteiger partial charge in [0.25, 0.3) is 0 Å². The van der Waals surface area contributed by atoms with Gasteiger partial charge in [0.05, 0.1) is 5.54 Å². The predicted octanol–water partition coefficient (Wildman–Crippen LogP) is 2.05. The third-order valence-corrected chi connectivity index (χ3v) is 5.18. The number of rotatable bonds is 3. The molecular weight excluding hydrogens is 274 g/mol. The van der Waals surface area contributed by atoms with E-state index in [0.717, 1.165) is 29.4 Å². The molecular formula is C18H21N3O. The number of benzene rings is 1. The molecule has 22 heavy (non-hydrogen) atoms. The summed E-state index contributed by atoms with van der Waals surface area (Å²) in [7, 11) is 0. The van der Waals surface area contributed by atoms with E-state index < -0.39 is 0 Å². The van der Waals surface area contributed by atoms with Gasteiger partial charge in [-0.25, -0.2) is 0 Å². The van der Waals surface area contributed by atoms with Crippen LogP contribution in [-0.2, 0) is 10.3 Å². The molecule has 0 bridgehead atoms. The number of nitrogens with zero attached hydrogens (tertiary/aromatic N) is 1. The first kappa shape index (κ1) is 13.7. The SMILES string of the molecule is CC(C)(NC(=O)C1[C@H]2CNC[C@@H]12)c1cccc2cnccc12. The minimum atomic E-state index is -0.387. The van der Waals surface area contributed by atoms with E-state index >= 15 is 0 Å². The fraction of sp³-hybridized carbons (Fsp3) is 0.444. The summed E-state index contributed by atoms with van der Waals surface area (Å²) in [6.45, 7) is 6.14. The normalized spacial score (nSPS) is 26.7. The third-order valence-electron chi connectivity index (χ3n) is 5.18. The second kappa shape index (κ2) is 4.78. The molecule has 4 rings (SSSR count). The molecule has 2 aliphatic rings. The van der Waals surface area contributed by atoms with Crippen molar-refractivity contribution in [1.29, 1.82) is 0 Å². The van der Waals surface area contributed by atoms with Gasteiger partial charge in [-0.1, -0.05) is 18.2 Å². The zero-order valence-corrected chi connectivity index (χ0v) is 13.0. The van der Waals surface area contributed by atoms with E-state index in [1.165, 1.54) is 0 Å². The summed E-state index contributed by atoms with van der Waals surface area (Å²) in [5, 5.41) is 8.87. The zero-order chi connectivity index (χ0) is 15.3. The van der Waals surface area contributed by atoms with Crippen LogP contribution in [0.3, 0.4) is 0 Å². The highest BCUT2D eigenvalue weighted by molar-refractivity contribution is 5.88. The number of hydrogen-bond donors (Lipinski definition) is 2. The van der Waals surface area contributed by atoms with Crippen molar-refractivity contribution >= 4 is 16.7 Å². The molecule has 2 heterocycles. The molecule has 2 N–H and O–H groups in total. The Morgan fingerprint density at radius 2 is 2.05 bits per heavy atom. The number of carbonyl (C=O) groups excluding carboxylic acids is 1. The van der Waals surface area contributed by atoms with Crippen LogP contribution in [0.15, 0.2) is 36.7 Å². The molecule has 0 spiro atoms. The number of hydrogen-bond acceptors (Lipinski definition) is 3. The lowest BCUT2D eigenvalue weighted by Gasteiger charge is -2.28. The number of piperidine rings is 1. The van der Waals surface area contributed by atoms with Gasteiger partial charge in [-0.15, -0.1) is 0 Å². The van der Waals surface area contributed by atoms with E-state index in [2.05, 4.69) is 41.6 Å². The van der Waals surface area contributed by atoms with Crippen LogP contribution >= 0.6 is 0 Å². The Hall–Kier alpha value is -1.94. The van der Waals surface area contributed by atoms with Crippen molar-refractivity contribution in [3.8, 4) is 0 Å². The Morgan fingerprint density at radius 1 is 1.27 bits per heavy atom. The van der Waals surface area contributed by atoms with Gasteiger partial charge in [0.1, 0.15) is 0 Å². The molecule has 1 saturated heterocycles. The second-order valence-electron chi connectivity index (χ2n) is 7.03. The number of carbonyl (C=O) groups is 1. The average Bonchev–Trinajstić information content (AvgIpc) is 3.00. The first-order valence-corrected chi connectivity index (χ1v) is 7.94. The number of pyridine rings is 1. The smallest absolute Gasteiger partial charge is 0.224 e. The Bertz CT molecular complexity index is 725. The van der Waals surface area contributed by atoms with Crippen LogP contribution in [0.2, 0.25) is 0 Å². The molecule has 1 unspecified atom stereocenters. The molecule has 2 aromatic rings. The lowest BCUT2D eigenvalue weighted by atomic mass is 9.89. The van der Waals surface area contributed by atoms with Crippen LogP contribution in [0.25, 0.3) is 10.8 Å². The summed E-state index contributed by atoms with van der Waals surface area (Å²) in [6.07, 6.45) is 3.67. The van der Waals surface area contributed by atoms with Gasteiger partial charge in [0.2, 0.25) is 5.91 Å². The Labute approximate surface area is 130 Å². The highest BCUT2D eigenvalue weighted by Gasteiger charge is 2.57. The number of nitrogens with one attached hydrogen (secondary N) is 2. The number of amides is 1. The first-order chi connectivity index (χ1) is 10.6. The van der Waals surface area contributed by atoms with Crippen LogP contribution in [0.4, 0.5) is 0 Å². The van der Waals surface area contributed by atoms with Gasteiger partial charge in [-0.05, 0) is 55.8 Å². The molecule has 1 saturated carbocycles. The molecule has 114 valence electrons. The maximum absolute atomic E-state index is 12.6. The van der Waals surface area contributed by atoms with Gasteiger partial charge in [0, 0.05) is 23.7 Å². The lowest BCUT2D eigenvalue weighted by molar-refractivity contribution is -0.124. The Morgan fingerprint density at radius 3 is 2.82 bits per heavy atom. The zero-order valence-electron chi connectivity index (χ0n) is 13.0. The van der Waals surface area contributed by atoms with Crippen LogP contribution in [0, 0.1) is 17.8 Å². The first-order valence-electron chi connectivity index (χ1n) is 7.94. The molecule has 1 amide bonds. The van der Waals surface area contributed by atoms with Crippen molar-refractivity contribution < 1.29 is 4.79 Å². The number of fused-ring (bicyclic) bond motifs is 2. The monoisotopic (exact) mass is 295 g/mol. The highest BCUT2D eigenvalue weighted by Crippen LogP contribution is 2.49. The third kappa shape index (κ3) is 2.10. The molecule has 1 aliphatic carbocycles. The van der Waals surface area contributed by atoms with Crippen LogP contribution in [0.1, 0.15) is 19.4 Å². The summed E-state index contributed by atoms with van der Waals surface area (Å²) in [5.41, 5.74) is 0.757. The second-order valence-corrected chi connectivity index (χ2v) is 7.03. The molecule has 4 nitrogen and oxygen atoms in total. The summed E-state index contributed by atoms with van der Waals surface area (Å²) in [5.74, 6) is 1.50. The molecule has 0 radical (unpaired) electrons. The fourth-order valence-corrected chi connectivity index (χ4v) is 3.93. The van der Waals surface area contributed by atoms with Gasteiger partial charge in [-0.3, -0.25) is 9.78 Å². The fourth-order valence-electron chi connectivity index (χ4n) is 3.93. The molecule has 4 heteroatoms. The largest absolute Gasteiger partial charge is 0.347 e. The van der Waals surface area contributed by atoms with E-state index in [0.29, 0.717) is 11.8 Å². The van der Waals surface area contributed by atoms with E-state index in [9.17, 15) is 4.79 Å². The number of aromatic nitrogens is 1. The maximum atomic E-state index is 12.6. The molecule has 3 atom stereocenters. The van der Waals surface area contributed by atoms with Gasteiger partial charge in [-0.2, -0.15) is 0 Å². The van der Waals surface area contributed by atoms with Gasteiger partial charge in [0.15, 0.2) is 0 Å². The summed E-state index contributed by atoms with van der Waals surface area (Å²) >= 11 is 0. The summed E-state index contributed by atoms with van der Waals surface area (Å²) in [4.78, 5) is 16.8. The van der Waals surface area contributed by atoms with E-state index in [4.69, 9.17) is 0 Å². The minimum Gasteiger partial charge on any atom is -0.347 e. The van der Waals surface area contributed by atoms with E-state index in [-0.39, 0.29) is 17.4 Å². The lowest BCUT2D eigenvalue weighted by Crippen LogP contribution is -2.43. The summed E-state index contributed by atoms with van der Waals surface area (Å²) < 4.78 is 0. The summed E-state index contributed by atoms with van der Waals surface area (Å²) in [6, 6.07) is 8.20. The van der Waals surface area contributed by atoms with Crippen molar-refractivity contribution in [3.63, 3.8) is 0 Å². The molecule has 1 aromatic carbocycles. The molecule has 1 aliphatic heterocycles. The van der Waals surface area contributed by atoms with Crippen molar-refractivity contribution in [1.82, 2.24) is 15.6 Å². The maximum Gasteiger partial charge on any atom is 0.224 e. The topological polar surface area (TPSA) is 54.0 Å². The van der Waals surface area contributed by atoms with Crippen molar-refractivity contribution in [2.45, 2.75) is 19.4 Å². The standard InChI is InChI=1S/C18H21N3O/c1-18(2,21-17(22)16-13-9-20-10-14(13)16)15-5-3-4-11-8-19-7-6-12(11)15/h3-8,13-14,16,20H,9-10H2,1-2H3,(H,21,22)/t13-,14+,16?. The van der Waals surface area contributed by atoms with Gasteiger partial charge >= 0.3 is 0 Å². The Kier molecular flexibility index (Phi) is 2.98. The van der Waals surface area contributed by atoms with Crippen molar-refractivity contribution in [2.24, 2.45) is 17.8 Å². The van der Waals surface area contributed by atoms with Crippen molar-refractivity contribution in [2.75, 3.05) is 13.1 Å². The van der Waals surface area contributed by atoms with E-state index in [1.807, 2.05) is 18.3 Å². The van der Waals surface area contributed by atoms with Gasteiger partial charge < -0.3 is 10.6 Å². The Balaban J connectivity index is 1.61. The predicted molar refractivity (Wildman–Crippen MR) is 86.3 cm³/mol. The van der Waals surface area contributed by atoms with Crippen LogP contribution < -0.4 is 10.6 Å². The molecule has 1 aromatic heterocycles. The minimum absolute atomic E-state index is 0.201. The van der Waals surface area contributed by atoms with Crippen LogP contribution in [-0.4, -0.2) is 24.0 Å². The highest BCUT2D eigenvalue weighted by atomic mass is 16.2. The average molecular weight is 295 g/mol. The van der Waals surface area contributed by atoms with Crippen molar-refractivity contribution in [3.05, 3.63) is 42.2 Å².